The molecule has 2 rings (SSSR count). The molecule has 29 heavy (non-hydrogen) atoms. The summed E-state index contributed by atoms with van der Waals surface area (Å²) in [6, 6.07) is -0.632. The zero-order chi connectivity index (χ0) is 21.2. The Balaban J connectivity index is 1.77. The fourth-order valence-corrected chi connectivity index (χ4v) is 3.05. The van der Waals surface area contributed by atoms with Gasteiger partial charge in [0.25, 0.3) is 0 Å². The number of hydrogen-bond donors (Lipinski definition) is 1. The number of nitrogens with zero attached hydrogens (tertiary/aromatic N) is 2. The van der Waals surface area contributed by atoms with Crippen molar-refractivity contribution in [3.05, 3.63) is 23.8 Å². The van der Waals surface area contributed by atoms with Crippen LogP contribution >= 0.6 is 0 Å². The molecule has 0 bridgehead atoms. The monoisotopic (exact) mass is 405 g/mol. The van der Waals surface area contributed by atoms with E-state index in [4.69, 9.17) is 4.74 Å². The quantitative estimate of drug-likeness (QED) is 0.410. The summed E-state index contributed by atoms with van der Waals surface area (Å²) in [7, 11) is 2.88. The van der Waals surface area contributed by atoms with Gasteiger partial charge in [0.05, 0.1) is 24.3 Å². The van der Waals surface area contributed by atoms with Crippen LogP contribution in [-0.4, -0.2) is 68.3 Å². The Bertz CT molecular complexity index is 740. The van der Waals surface area contributed by atoms with E-state index in [9.17, 15) is 19.2 Å². The first-order valence-electron chi connectivity index (χ1n) is 9.65. The van der Waals surface area contributed by atoms with Gasteiger partial charge in [0.15, 0.2) is 0 Å². The van der Waals surface area contributed by atoms with E-state index < -0.39 is 17.9 Å². The van der Waals surface area contributed by atoms with Gasteiger partial charge >= 0.3 is 12.0 Å². The Labute approximate surface area is 169 Å². The lowest BCUT2D eigenvalue weighted by Crippen LogP contribution is -2.46. The van der Waals surface area contributed by atoms with E-state index in [0.717, 1.165) is 11.3 Å². The summed E-state index contributed by atoms with van der Waals surface area (Å²) in [4.78, 5) is 53.2. The molecule has 0 saturated carbocycles. The number of urea groups is 1. The van der Waals surface area contributed by atoms with Crippen LogP contribution in [0, 0.1) is 5.92 Å². The van der Waals surface area contributed by atoms with Crippen molar-refractivity contribution >= 4 is 29.5 Å². The maximum Gasteiger partial charge on any atom is 0.350 e. The number of fused-ring (bicyclic) bond motifs is 1. The Hall–Kier alpha value is -2.81. The van der Waals surface area contributed by atoms with Gasteiger partial charge in [-0.25, -0.2) is 9.59 Å². The van der Waals surface area contributed by atoms with Crippen LogP contribution in [0.15, 0.2) is 28.8 Å². The van der Waals surface area contributed by atoms with Crippen molar-refractivity contribution in [3.63, 3.8) is 0 Å². The van der Waals surface area contributed by atoms with E-state index in [-0.39, 0.29) is 29.6 Å². The Morgan fingerprint density at radius 1 is 1.17 bits per heavy atom. The van der Waals surface area contributed by atoms with Gasteiger partial charge in [-0.05, 0) is 25.3 Å². The summed E-state index contributed by atoms with van der Waals surface area (Å²) in [5.41, 5.74) is 0.501. The second kappa shape index (κ2) is 11.3. The van der Waals surface area contributed by atoms with E-state index in [1.54, 1.807) is 13.2 Å². The number of ether oxygens (including phenoxy) is 2. The summed E-state index contributed by atoms with van der Waals surface area (Å²) in [5.74, 6) is -1.58. The first-order valence-corrected chi connectivity index (χ1v) is 9.65. The van der Waals surface area contributed by atoms with Gasteiger partial charge in [0.1, 0.15) is 0 Å². The molecular formula is C20H27N3O6. The minimum atomic E-state index is -0.668. The van der Waals surface area contributed by atoms with Crippen molar-refractivity contribution in [2.75, 3.05) is 33.9 Å². The molecule has 0 aromatic rings. The standard InChI is InChI=1S/C20H27N3O6/c1-28-12-6-10-21-17(24)7-4-3-5-11-23-18(25)15-9-8-14(19(26)29-2)13-16(15)22-20(23)27/h8-9,13,15H,3-7,10-12H2,1-2H3,(H,21,24). The number of hydrogen-bond acceptors (Lipinski definition) is 6. The number of carbonyl (C=O) groups is 4. The molecule has 158 valence electrons. The van der Waals surface area contributed by atoms with Crippen LogP contribution < -0.4 is 5.32 Å². The van der Waals surface area contributed by atoms with Gasteiger partial charge in [-0.3, -0.25) is 14.5 Å². The van der Waals surface area contributed by atoms with Gasteiger partial charge in [-0.2, -0.15) is 4.99 Å². The molecule has 0 saturated heterocycles. The van der Waals surface area contributed by atoms with E-state index in [0.29, 0.717) is 38.8 Å². The number of nitrogens with one attached hydrogen (secondary N) is 1. The Kier molecular flexibility index (Phi) is 8.72. The smallest absolute Gasteiger partial charge is 0.350 e. The molecular weight excluding hydrogens is 378 g/mol. The average molecular weight is 405 g/mol. The highest BCUT2D eigenvalue weighted by Crippen LogP contribution is 2.23. The zero-order valence-electron chi connectivity index (χ0n) is 16.8. The number of unbranched alkanes of at least 4 members (excludes halogenated alkanes) is 2. The van der Waals surface area contributed by atoms with Crippen molar-refractivity contribution in [1.82, 2.24) is 10.2 Å². The van der Waals surface area contributed by atoms with Gasteiger partial charge in [0, 0.05) is 33.2 Å². The van der Waals surface area contributed by atoms with Crippen molar-refractivity contribution in [1.29, 1.82) is 0 Å². The summed E-state index contributed by atoms with van der Waals surface area (Å²) in [6.45, 7) is 1.45. The molecule has 0 spiro atoms. The number of amides is 4. The highest BCUT2D eigenvalue weighted by atomic mass is 16.5. The second-order valence-electron chi connectivity index (χ2n) is 6.74. The van der Waals surface area contributed by atoms with E-state index in [2.05, 4.69) is 15.0 Å². The SMILES string of the molecule is COCCCNC(=O)CCCCCN1C(=O)N=C2C=C(C(=O)OC)C=CC2C1=O. The maximum absolute atomic E-state index is 12.6. The molecule has 2 aliphatic rings. The number of rotatable bonds is 11. The van der Waals surface area contributed by atoms with Crippen molar-refractivity contribution in [2.24, 2.45) is 10.9 Å². The lowest BCUT2D eigenvalue weighted by Gasteiger charge is -2.28. The van der Waals surface area contributed by atoms with Crippen molar-refractivity contribution in [2.45, 2.75) is 32.1 Å². The molecule has 0 aromatic heterocycles. The first-order chi connectivity index (χ1) is 14.0. The van der Waals surface area contributed by atoms with Gasteiger partial charge in [0.2, 0.25) is 11.8 Å². The predicted molar refractivity (Wildman–Crippen MR) is 105 cm³/mol. The maximum atomic E-state index is 12.6. The molecule has 9 heteroatoms. The lowest BCUT2D eigenvalue weighted by atomic mass is 9.92. The third kappa shape index (κ3) is 6.35. The predicted octanol–water partition coefficient (Wildman–Crippen LogP) is 1.39. The van der Waals surface area contributed by atoms with Crippen LogP contribution in [0.2, 0.25) is 0 Å². The minimum absolute atomic E-state index is 0.0130. The second-order valence-corrected chi connectivity index (χ2v) is 6.74. The number of esters is 1. The number of methoxy groups -OCH3 is 2. The normalized spacial score (nSPS) is 18.1. The third-order valence-electron chi connectivity index (χ3n) is 4.63. The largest absolute Gasteiger partial charge is 0.465 e. The van der Waals surface area contributed by atoms with E-state index >= 15 is 0 Å². The molecule has 4 amide bonds. The molecule has 1 aliphatic carbocycles. The van der Waals surface area contributed by atoms with Crippen LogP contribution in [0.3, 0.4) is 0 Å². The van der Waals surface area contributed by atoms with Gasteiger partial charge in [-0.1, -0.05) is 18.6 Å². The van der Waals surface area contributed by atoms with Crippen LogP contribution in [0.5, 0.6) is 0 Å². The number of allylic oxidation sites excluding steroid dienone is 1. The fraction of sp³-hybridized carbons (Fsp3) is 0.550. The number of carbonyl (C=O) groups excluding carboxylic acids is 4. The molecule has 1 N–H and O–H groups in total. The molecule has 0 aromatic carbocycles. The Morgan fingerprint density at radius 2 is 1.97 bits per heavy atom. The van der Waals surface area contributed by atoms with Crippen LogP contribution in [0.1, 0.15) is 32.1 Å². The topological polar surface area (TPSA) is 114 Å². The third-order valence-corrected chi connectivity index (χ3v) is 4.63. The summed E-state index contributed by atoms with van der Waals surface area (Å²) in [6.07, 6.45) is 7.64. The molecule has 1 unspecified atom stereocenters. The summed E-state index contributed by atoms with van der Waals surface area (Å²) in [5, 5.41) is 2.82. The van der Waals surface area contributed by atoms with E-state index in [1.807, 2.05) is 0 Å². The molecule has 0 fully saturated rings. The fourth-order valence-electron chi connectivity index (χ4n) is 3.05. The molecule has 1 atom stereocenters. The molecule has 1 aliphatic heterocycles. The summed E-state index contributed by atoms with van der Waals surface area (Å²) >= 11 is 0. The zero-order valence-corrected chi connectivity index (χ0v) is 16.8. The van der Waals surface area contributed by atoms with Crippen LogP contribution in [0.25, 0.3) is 0 Å². The minimum Gasteiger partial charge on any atom is -0.465 e. The van der Waals surface area contributed by atoms with Gasteiger partial charge < -0.3 is 14.8 Å². The number of imide groups is 1. The van der Waals surface area contributed by atoms with Crippen LogP contribution in [0.4, 0.5) is 4.79 Å². The molecule has 9 nitrogen and oxygen atoms in total. The van der Waals surface area contributed by atoms with Crippen molar-refractivity contribution < 1.29 is 28.7 Å². The highest BCUT2D eigenvalue weighted by molar-refractivity contribution is 6.23. The lowest BCUT2D eigenvalue weighted by molar-refractivity contribution is -0.136. The number of aliphatic imine (C=N–C) groups is 1. The summed E-state index contributed by atoms with van der Waals surface area (Å²) < 4.78 is 9.56. The van der Waals surface area contributed by atoms with Crippen LogP contribution in [-0.2, 0) is 23.9 Å². The first kappa shape index (κ1) is 22.5. The van der Waals surface area contributed by atoms with Crippen molar-refractivity contribution in [3.8, 4) is 0 Å². The van der Waals surface area contributed by atoms with E-state index in [1.165, 1.54) is 19.3 Å². The molecule has 0 radical (unpaired) electrons. The Morgan fingerprint density at radius 3 is 2.69 bits per heavy atom. The average Bonchev–Trinajstić information content (AvgIpc) is 2.72. The highest BCUT2D eigenvalue weighted by Gasteiger charge is 2.36. The molecule has 1 heterocycles. The van der Waals surface area contributed by atoms with Gasteiger partial charge in [-0.15, -0.1) is 0 Å².